The molecule has 3 heteroatoms. The quantitative estimate of drug-likeness (QED) is 0.853. The van der Waals surface area contributed by atoms with E-state index >= 15 is 0 Å². The molecule has 0 fully saturated rings. The van der Waals surface area contributed by atoms with Gasteiger partial charge in [-0.05, 0) is 23.1 Å². The SMILES string of the molecule is CC(C)(C)C(CF)c1ccc(C(=O)O)cc1. The van der Waals surface area contributed by atoms with E-state index in [-0.39, 0.29) is 16.9 Å². The third-order valence-electron chi connectivity index (χ3n) is 2.76. The number of aromatic carboxylic acids is 1. The van der Waals surface area contributed by atoms with Gasteiger partial charge in [0.05, 0.1) is 12.2 Å². The van der Waals surface area contributed by atoms with Gasteiger partial charge < -0.3 is 5.11 Å². The normalized spacial score (nSPS) is 13.5. The molecule has 0 amide bonds. The van der Waals surface area contributed by atoms with Crippen molar-refractivity contribution in [1.29, 1.82) is 0 Å². The lowest BCUT2D eigenvalue weighted by Crippen LogP contribution is -2.20. The predicted octanol–water partition coefficient (Wildman–Crippen LogP) is 3.48. The minimum absolute atomic E-state index is 0.167. The highest BCUT2D eigenvalue weighted by Gasteiger charge is 2.26. The summed E-state index contributed by atoms with van der Waals surface area (Å²) in [6, 6.07) is 6.43. The van der Waals surface area contributed by atoms with Gasteiger partial charge in [-0.25, -0.2) is 4.79 Å². The van der Waals surface area contributed by atoms with Gasteiger partial charge in [0, 0.05) is 5.92 Å². The summed E-state index contributed by atoms with van der Waals surface area (Å²) in [7, 11) is 0. The monoisotopic (exact) mass is 224 g/mol. The molecule has 0 spiro atoms. The lowest BCUT2D eigenvalue weighted by Gasteiger charge is -2.28. The summed E-state index contributed by atoms with van der Waals surface area (Å²) in [6.07, 6.45) is 0. The van der Waals surface area contributed by atoms with Crippen molar-refractivity contribution in [3.8, 4) is 0 Å². The number of hydrogen-bond donors (Lipinski definition) is 1. The van der Waals surface area contributed by atoms with Crippen LogP contribution in [0.2, 0.25) is 0 Å². The van der Waals surface area contributed by atoms with Gasteiger partial charge in [-0.15, -0.1) is 0 Å². The molecule has 16 heavy (non-hydrogen) atoms. The molecule has 0 aliphatic heterocycles. The number of carboxylic acids is 1. The number of benzene rings is 1. The first-order chi connectivity index (χ1) is 7.36. The first-order valence-corrected chi connectivity index (χ1v) is 5.25. The standard InChI is InChI=1S/C13H17FO2/c1-13(2,3)11(8-14)9-4-6-10(7-5-9)12(15)16/h4-7,11H,8H2,1-3H3,(H,15,16). The van der Waals surface area contributed by atoms with Gasteiger partial charge in [-0.2, -0.15) is 0 Å². The van der Waals surface area contributed by atoms with Crippen LogP contribution in [0.25, 0.3) is 0 Å². The van der Waals surface area contributed by atoms with E-state index in [1.807, 2.05) is 20.8 Å². The van der Waals surface area contributed by atoms with E-state index in [1.54, 1.807) is 12.1 Å². The van der Waals surface area contributed by atoms with Crippen LogP contribution in [0.1, 0.15) is 42.6 Å². The number of carboxylic acid groups (broad SMARTS) is 1. The number of hydrogen-bond acceptors (Lipinski definition) is 1. The van der Waals surface area contributed by atoms with Gasteiger partial charge in [0.2, 0.25) is 0 Å². The lowest BCUT2D eigenvalue weighted by molar-refractivity contribution is 0.0697. The van der Waals surface area contributed by atoms with Crippen molar-refractivity contribution < 1.29 is 14.3 Å². The summed E-state index contributed by atoms with van der Waals surface area (Å²) in [5, 5.41) is 8.76. The number of rotatable bonds is 3. The fourth-order valence-electron chi connectivity index (χ4n) is 1.68. The second-order valence-corrected chi connectivity index (χ2v) is 5.00. The second-order valence-electron chi connectivity index (χ2n) is 5.00. The third kappa shape index (κ3) is 2.81. The molecule has 1 aromatic rings. The highest BCUT2D eigenvalue weighted by atomic mass is 19.1. The van der Waals surface area contributed by atoms with E-state index in [0.717, 1.165) is 5.56 Å². The number of carbonyl (C=O) groups is 1. The molecule has 1 aromatic carbocycles. The molecule has 88 valence electrons. The molecule has 0 saturated carbocycles. The Hall–Kier alpha value is -1.38. The van der Waals surface area contributed by atoms with Gasteiger partial charge >= 0.3 is 5.97 Å². The molecule has 1 unspecified atom stereocenters. The maximum atomic E-state index is 13.0. The Morgan fingerprint density at radius 2 is 1.81 bits per heavy atom. The average molecular weight is 224 g/mol. The molecule has 0 aliphatic carbocycles. The molecule has 2 nitrogen and oxygen atoms in total. The van der Waals surface area contributed by atoms with Gasteiger partial charge in [-0.1, -0.05) is 32.9 Å². The molecule has 0 bridgehead atoms. The number of alkyl halides is 1. The van der Waals surface area contributed by atoms with Crippen LogP contribution >= 0.6 is 0 Å². The summed E-state index contributed by atoms with van der Waals surface area (Å²) >= 11 is 0. The lowest BCUT2D eigenvalue weighted by atomic mass is 9.77. The number of halogens is 1. The van der Waals surface area contributed by atoms with E-state index in [0.29, 0.717) is 0 Å². The van der Waals surface area contributed by atoms with Gasteiger partial charge in [0.25, 0.3) is 0 Å². The maximum Gasteiger partial charge on any atom is 0.335 e. The van der Waals surface area contributed by atoms with Crippen LogP contribution in [-0.4, -0.2) is 17.8 Å². The minimum atomic E-state index is -0.959. The highest BCUT2D eigenvalue weighted by molar-refractivity contribution is 5.87. The van der Waals surface area contributed by atoms with Gasteiger partial charge in [0.15, 0.2) is 0 Å². The molecule has 0 aromatic heterocycles. The van der Waals surface area contributed by atoms with Crippen LogP contribution in [0, 0.1) is 5.41 Å². The van der Waals surface area contributed by atoms with Crippen molar-refractivity contribution in [1.82, 2.24) is 0 Å². The smallest absolute Gasteiger partial charge is 0.335 e. The largest absolute Gasteiger partial charge is 0.478 e. The zero-order chi connectivity index (χ0) is 12.3. The molecule has 0 radical (unpaired) electrons. The summed E-state index contributed by atoms with van der Waals surface area (Å²) < 4.78 is 13.0. The molecule has 0 heterocycles. The zero-order valence-corrected chi connectivity index (χ0v) is 9.83. The fourth-order valence-corrected chi connectivity index (χ4v) is 1.68. The summed E-state index contributed by atoms with van der Waals surface area (Å²) in [5.41, 5.74) is 0.912. The Morgan fingerprint density at radius 3 is 2.12 bits per heavy atom. The Bertz CT molecular complexity index is 363. The maximum absolute atomic E-state index is 13.0. The molecule has 1 atom stereocenters. The van der Waals surface area contributed by atoms with Crippen molar-refractivity contribution in [2.75, 3.05) is 6.67 Å². The van der Waals surface area contributed by atoms with E-state index in [4.69, 9.17) is 5.11 Å². The molecule has 0 aliphatic rings. The molecular weight excluding hydrogens is 207 g/mol. The van der Waals surface area contributed by atoms with E-state index in [9.17, 15) is 9.18 Å². The summed E-state index contributed by atoms with van der Waals surface area (Å²) in [5.74, 6) is -1.16. The van der Waals surface area contributed by atoms with Crippen molar-refractivity contribution in [2.24, 2.45) is 5.41 Å². The first-order valence-electron chi connectivity index (χ1n) is 5.25. The second kappa shape index (κ2) is 4.64. The predicted molar refractivity (Wildman–Crippen MR) is 61.6 cm³/mol. The Labute approximate surface area is 95.1 Å². The first kappa shape index (κ1) is 12.7. The molecule has 0 saturated heterocycles. The molecular formula is C13H17FO2. The summed E-state index contributed by atoms with van der Waals surface area (Å²) in [6.45, 7) is 5.49. The molecule has 1 N–H and O–H groups in total. The van der Waals surface area contributed by atoms with Gasteiger partial charge in [0.1, 0.15) is 0 Å². The van der Waals surface area contributed by atoms with Crippen molar-refractivity contribution in [3.05, 3.63) is 35.4 Å². The van der Waals surface area contributed by atoms with Crippen molar-refractivity contribution in [3.63, 3.8) is 0 Å². The zero-order valence-electron chi connectivity index (χ0n) is 9.83. The van der Waals surface area contributed by atoms with E-state index < -0.39 is 12.6 Å². The third-order valence-corrected chi connectivity index (χ3v) is 2.76. The van der Waals surface area contributed by atoms with Crippen LogP contribution in [0.15, 0.2) is 24.3 Å². The minimum Gasteiger partial charge on any atom is -0.478 e. The van der Waals surface area contributed by atoms with Crippen molar-refractivity contribution in [2.45, 2.75) is 26.7 Å². The topological polar surface area (TPSA) is 37.3 Å². The van der Waals surface area contributed by atoms with Crippen molar-refractivity contribution >= 4 is 5.97 Å². The van der Waals surface area contributed by atoms with Crippen LogP contribution in [0.5, 0.6) is 0 Å². The van der Waals surface area contributed by atoms with Crippen LogP contribution in [0.4, 0.5) is 4.39 Å². The van der Waals surface area contributed by atoms with Crippen LogP contribution in [0.3, 0.4) is 0 Å². The van der Waals surface area contributed by atoms with Crippen LogP contribution < -0.4 is 0 Å². The van der Waals surface area contributed by atoms with Gasteiger partial charge in [-0.3, -0.25) is 4.39 Å². The van der Waals surface area contributed by atoms with E-state index in [1.165, 1.54) is 12.1 Å². The van der Waals surface area contributed by atoms with Crippen LogP contribution in [-0.2, 0) is 0 Å². The molecule has 1 rings (SSSR count). The van der Waals surface area contributed by atoms with E-state index in [2.05, 4.69) is 0 Å². The fraction of sp³-hybridized carbons (Fsp3) is 0.462. The Balaban J connectivity index is 3.00. The summed E-state index contributed by atoms with van der Waals surface area (Å²) in [4.78, 5) is 10.7. The Morgan fingerprint density at radius 1 is 1.31 bits per heavy atom. The Kier molecular flexibility index (Phi) is 3.68. The highest BCUT2D eigenvalue weighted by Crippen LogP contribution is 2.35. The average Bonchev–Trinajstić information content (AvgIpc) is 2.17.